The zero-order valence-corrected chi connectivity index (χ0v) is 23.5. The maximum atomic E-state index is 13.3. The Labute approximate surface area is 248 Å². The second kappa shape index (κ2) is 12.7. The lowest BCUT2D eigenvalue weighted by molar-refractivity contribution is -0.121. The first-order chi connectivity index (χ1) is 20.3. The number of benzene rings is 3. The van der Waals surface area contributed by atoms with Gasteiger partial charge >= 0.3 is 5.97 Å². The molecule has 4 aromatic rings. The van der Waals surface area contributed by atoms with E-state index in [1.807, 2.05) is 17.5 Å². The third-order valence-electron chi connectivity index (χ3n) is 6.21. The highest BCUT2D eigenvalue weighted by Crippen LogP contribution is 2.35. The molecule has 1 aliphatic heterocycles. The number of nitrogens with one attached hydrogen (secondary N) is 2. The summed E-state index contributed by atoms with van der Waals surface area (Å²) in [6, 6.07) is 24.6. The number of carboxylic acid groups (broad SMARTS) is 1. The summed E-state index contributed by atoms with van der Waals surface area (Å²) in [5, 5.41) is 15.8. The van der Waals surface area contributed by atoms with Crippen molar-refractivity contribution in [3.63, 3.8) is 0 Å². The molecule has 0 radical (unpaired) electrons. The zero-order valence-electron chi connectivity index (χ0n) is 21.9. The molecule has 9 nitrogen and oxygen atoms in total. The molecule has 1 saturated heterocycles. The third kappa shape index (κ3) is 6.65. The molecule has 1 atom stereocenters. The standard InChI is InChI=1S/C31H23N3O6S2/c35-27-18-26(30(38)34(27)22-13-11-20(12-14-22)31(39)40)42-24-9-4-8-21(16-24)32-29(37)25(17-23-10-5-15-41-23)33-28(36)19-6-2-1-3-7-19/h1-17,26H,18H2,(H,32,37)(H,33,36)(H,39,40)/b25-17+. The molecule has 2 heterocycles. The number of amides is 4. The zero-order chi connectivity index (χ0) is 29.6. The second-order valence-electron chi connectivity index (χ2n) is 9.11. The Balaban J connectivity index is 1.29. The summed E-state index contributed by atoms with van der Waals surface area (Å²) in [6.45, 7) is 0. The molecule has 0 saturated carbocycles. The van der Waals surface area contributed by atoms with E-state index in [0.717, 1.165) is 9.78 Å². The van der Waals surface area contributed by atoms with E-state index >= 15 is 0 Å². The lowest BCUT2D eigenvalue weighted by Crippen LogP contribution is -2.31. The van der Waals surface area contributed by atoms with Crippen molar-refractivity contribution in [1.29, 1.82) is 0 Å². The Morgan fingerprint density at radius 2 is 1.67 bits per heavy atom. The van der Waals surface area contributed by atoms with Crippen LogP contribution in [-0.2, 0) is 14.4 Å². The van der Waals surface area contributed by atoms with Gasteiger partial charge in [0, 0.05) is 27.4 Å². The maximum Gasteiger partial charge on any atom is 0.335 e. The van der Waals surface area contributed by atoms with Crippen molar-refractivity contribution in [2.75, 3.05) is 10.2 Å². The minimum absolute atomic E-state index is 0.0278. The quantitative estimate of drug-likeness (QED) is 0.177. The smallest absolute Gasteiger partial charge is 0.335 e. The van der Waals surface area contributed by atoms with Crippen molar-refractivity contribution >= 4 is 70.1 Å². The summed E-state index contributed by atoms with van der Waals surface area (Å²) in [7, 11) is 0. The number of carboxylic acids is 1. The summed E-state index contributed by atoms with van der Waals surface area (Å²) in [6.07, 6.45) is 1.57. The third-order valence-corrected chi connectivity index (χ3v) is 8.20. The number of hydrogen-bond donors (Lipinski definition) is 3. The number of thioether (sulfide) groups is 1. The lowest BCUT2D eigenvalue weighted by Gasteiger charge is -2.15. The van der Waals surface area contributed by atoms with E-state index in [1.54, 1.807) is 60.7 Å². The number of aromatic carboxylic acids is 1. The first kappa shape index (κ1) is 28.5. The number of hydrogen-bond acceptors (Lipinski definition) is 7. The molecule has 1 fully saturated rings. The van der Waals surface area contributed by atoms with Crippen LogP contribution in [0.15, 0.2) is 107 Å². The van der Waals surface area contributed by atoms with E-state index < -0.39 is 28.9 Å². The molecule has 4 amide bonds. The van der Waals surface area contributed by atoms with Crippen molar-refractivity contribution in [3.8, 4) is 0 Å². The Bertz CT molecular complexity index is 1690. The van der Waals surface area contributed by atoms with E-state index in [1.165, 1.54) is 47.4 Å². The van der Waals surface area contributed by atoms with Gasteiger partial charge in [0.2, 0.25) is 11.8 Å². The molecule has 0 bridgehead atoms. The van der Waals surface area contributed by atoms with Crippen molar-refractivity contribution in [1.82, 2.24) is 5.32 Å². The fourth-order valence-electron chi connectivity index (χ4n) is 4.19. The molecule has 1 unspecified atom stereocenters. The van der Waals surface area contributed by atoms with Gasteiger partial charge in [-0.2, -0.15) is 0 Å². The van der Waals surface area contributed by atoms with Crippen LogP contribution >= 0.6 is 23.1 Å². The molecule has 3 N–H and O–H groups in total. The predicted octanol–water partition coefficient (Wildman–Crippen LogP) is 5.28. The highest BCUT2D eigenvalue weighted by Gasteiger charge is 2.40. The SMILES string of the molecule is O=C(Nc1cccc(SC2CC(=O)N(c3ccc(C(=O)O)cc3)C2=O)c1)/C(=C\c1cccs1)NC(=O)c1ccccc1. The maximum absolute atomic E-state index is 13.3. The van der Waals surface area contributed by atoms with Gasteiger partial charge in [-0.3, -0.25) is 19.2 Å². The molecule has 11 heteroatoms. The van der Waals surface area contributed by atoms with Gasteiger partial charge < -0.3 is 15.7 Å². The average Bonchev–Trinajstić information content (AvgIpc) is 3.60. The summed E-state index contributed by atoms with van der Waals surface area (Å²) in [5.74, 6) is -2.86. The molecule has 1 aromatic heterocycles. The normalized spacial score (nSPS) is 15.0. The van der Waals surface area contributed by atoms with Gasteiger partial charge in [-0.05, 0) is 72.1 Å². The van der Waals surface area contributed by atoms with Crippen molar-refractivity contribution in [3.05, 3.63) is 118 Å². The van der Waals surface area contributed by atoms with Crippen LogP contribution in [0.1, 0.15) is 32.0 Å². The van der Waals surface area contributed by atoms with E-state index in [4.69, 9.17) is 5.11 Å². The Hall–Kier alpha value is -5.00. The molecule has 0 aliphatic carbocycles. The monoisotopic (exact) mass is 597 g/mol. The van der Waals surface area contributed by atoms with Gasteiger partial charge in [-0.1, -0.05) is 30.3 Å². The van der Waals surface area contributed by atoms with E-state index in [9.17, 15) is 24.0 Å². The Kier molecular flexibility index (Phi) is 8.60. The van der Waals surface area contributed by atoms with Gasteiger partial charge in [0.15, 0.2) is 0 Å². The van der Waals surface area contributed by atoms with Crippen LogP contribution in [0.3, 0.4) is 0 Å². The first-order valence-corrected chi connectivity index (χ1v) is 14.4. The van der Waals surface area contributed by atoms with Gasteiger partial charge in [0.05, 0.1) is 16.5 Å². The summed E-state index contributed by atoms with van der Waals surface area (Å²) < 4.78 is 0. The number of imide groups is 1. The molecular formula is C31H23N3O6S2. The van der Waals surface area contributed by atoms with Gasteiger partial charge in [-0.25, -0.2) is 9.69 Å². The van der Waals surface area contributed by atoms with E-state index in [-0.39, 0.29) is 23.6 Å². The fourth-order valence-corrected chi connectivity index (χ4v) is 5.96. The molecule has 1 aliphatic rings. The lowest BCUT2D eigenvalue weighted by atomic mass is 10.2. The average molecular weight is 598 g/mol. The number of nitrogens with zero attached hydrogens (tertiary/aromatic N) is 1. The van der Waals surface area contributed by atoms with E-state index in [0.29, 0.717) is 21.8 Å². The van der Waals surface area contributed by atoms with Crippen molar-refractivity contribution < 1.29 is 29.1 Å². The first-order valence-electron chi connectivity index (χ1n) is 12.7. The van der Waals surface area contributed by atoms with Crippen molar-refractivity contribution in [2.45, 2.75) is 16.6 Å². The Morgan fingerprint density at radius 3 is 2.36 bits per heavy atom. The van der Waals surface area contributed by atoms with E-state index in [2.05, 4.69) is 10.6 Å². The number of thiophene rings is 1. The number of carbonyl (C=O) groups is 5. The largest absolute Gasteiger partial charge is 0.478 e. The van der Waals surface area contributed by atoms with Crippen LogP contribution in [0, 0.1) is 0 Å². The number of anilines is 2. The van der Waals surface area contributed by atoms with Crippen LogP contribution in [0.4, 0.5) is 11.4 Å². The Morgan fingerprint density at radius 1 is 0.905 bits per heavy atom. The summed E-state index contributed by atoms with van der Waals surface area (Å²) >= 11 is 2.61. The molecule has 0 spiro atoms. The number of carbonyl (C=O) groups excluding carboxylic acids is 4. The molecular weight excluding hydrogens is 574 g/mol. The fraction of sp³-hybridized carbons (Fsp3) is 0.0645. The molecule has 42 heavy (non-hydrogen) atoms. The van der Waals surface area contributed by atoms with Gasteiger partial charge in [-0.15, -0.1) is 23.1 Å². The van der Waals surface area contributed by atoms with Crippen LogP contribution < -0.4 is 15.5 Å². The summed E-state index contributed by atoms with van der Waals surface area (Å²) in [4.78, 5) is 65.5. The predicted molar refractivity (Wildman–Crippen MR) is 161 cm³/mol. The molecule has 210 valence electrons. The minimum Gasteiger partial charge on any atom is -0.478 e. The van der Waals surface area contributed by atoms with Crippen LogP contribution in [0.2, 0.25) is 0 Å². The summed E-state index contributed by atoms with van der Waals surface area (Å²) in [5.41, 5.74) is 1.26. The number of rotatable bonds is 9. The molecule has 5 rings (SSSR count). The van der Waals surface area contributed by atoms with Gasteiger partial charge in [0.25, 0.3) is 11.8 Å². The highest BCUT2D eigenvalue weighted by atomic mass is 32.2. The van der Waals surface area contributed by atoms with Gasteiger partial charge in [0.1, 0.15) is 5.70 Å². The van der Waals surface area contributed by atoms with Crippen molar-refractivity contribution in [2.24, 2.45) is 0 Å². The van der Waals surface area contributed by atoms with Crippen LogP contribution in [-0.4, -0.2) is 40.0 Å². The van der Waals surface area contributed by atoms with Crippen LogP contribution in [0.25, 0.3) is 6.08 Å². The minimum atomic E-state index is -1.10. The highest BCUT2D eigenvalue weighted by molar-refractivity contribution is 8.00. The second-order valence-corrected chi connectivity index (χ2v) is 11.4. The topological polar surface area (TPSA) is 133 Å². The molecule has 3 aromatic carbocycles. The van der Waals surface area contributed by atoms with Crippen LogP contribution in [0.5, 0.6) is 0 Å².